The number of benzene rings is 2. The molecule has 4 rings (SSSR count). The SMILES string of the molecule is Cc1c(-c2ccc(C(F)(F)F)cc2)csc1-c1nc(-c2c(F)cccc2Cl)nn1C. The van der Waals surface area contributed by atoms with Crippen LogP contribution in [0.15, 0.2) is 47.8 Å². The summed E-state index contributed by atoms with van der Waals surface area (Å²) in [7, 11) is 1.69. The standard InChI is InChI=1S/C21H14ClF4N3S/c1-11-14(12-6-8-13(9-7-12)21(24,25)26)10-30-18(11)20-27-19(28-29(20)2)17-15(22)4-3-5-16(17)23/h3-10H,1-2H3. The second kappa shape index (κ2) is 7.52. The normalized spacial score (nSPS) is 11.8. The van der Waals surface area contributed by atoms with E-state index in [1.54, 1.807) is 13.1 Å². The van der Waals surface area contributed by atoms with Gasteiger partial charge in [0.1, 0.15) is 5.82 Å². The van der Waals surface area contributed by atoms with E-state index in [0.29, 0.717) is 11.4 Å². The van der Waals surface area contributed by atoms with Crippen LogP contribution in [0.25, 0.3) is 33.2 Å². The minimum absolute atomic E-state index is 0.123. The first-order chi connectivity index (χ1) is 14.2. The van der Waals surface area contributed by atoms with Crippen molar-refractivity contribution in [3.8, 4) is 33.2 Å². The largest absolute Gasteiger partial charge is 0.416 e. The molecule has 2 aromatic carbocycles. The Bertz CT molecular complexity index is 1210. The maximum Gasteiger partial charge on any atom is 0.416 e. The van der Waals surface area contributed by atoms with Crippen LogP contribution >= 0.6 is 22.9 Å². The van der Waals surface area contributed by atoms with Gasteiger partial charge in [0.25, 0.3) is 0 Å². The molecule has 30 heavy (non-hydrogen) atoms. The van der Waals surface area contributed by atoms with Gasteiger partial charge in [0.05, 0.1) is 21.0 Å². The molecule has 2 aromatic heterocycles. The highest BCUT2D eigenvalue weighted by molar-refractivity contribution is 7.14. The van der Waals surface area contributed by atoms with E-state index in [1.165, 1.54) is 40.3 Å². The number of thiophene rings is 1. The first kappa shape index (κ1) is 20.6. The molecule has 0 spiro atoms. The molecule has 0 saturated heterocycles. The Labute approximate surface area is 178 Å². The molecule has 2 heterocycles. The van der Waals surface area contributed by atoms with Crippen LogP contribution in [0.1, 0.15) is 11.1 Å². The van der Waals surface area contributed by atoms with Crippen LogP contribution in [-0.2, 0) is 13.2 Å². The van der Waals surface area contributed by atoms with E-state index in [2.05, 4.69) is 10.1 Å². The Kier molecular flexibility index (Phi) is 5.15. The number of aromatic nitrogens is 3. The molecule has 0 aliphatic heterocycles. The molecule has 9 heteroatoms. The summed E-state index contributed by atoms with van der Waals surface area (Å²) in [5, 5.41) is 6.37. The fourth-order valence-corrected chi connectivity index (χ4v) is 4.53. The van der Waals surface area contributed by atoms with Gasteiger partial charge in [0.15, 0.2) is 11.6 Å². The number of halogens is 5. The van der Waals surface area contributed by atoms with Crippen molar-refractivity contribution < 1.29 is 17.6 Å². The van der Waals surface area contributed by atoms with Crippen LogP contribution in [0, 0.1) is 12.7 Å². The Morgan fingerprint density at radius 3 is 2.40 bits per heavy atom. The van der Waals surface area contributed by atoms with Gasteiger partial charge in [-0.25, -0.2) is 14.1 Å². The van der Waals surface area contributed by atoms with Crippen LogP contribution in [0.2, 0.25) is 5.02 Å². The molecule has 3 nitrogen and oxygen atoms in total. The summed E-state index contributed by atoms with van der Waals surface area (Å²) in [5.74, 6) is 0.164. The molecule has 0 amide bonds. The van der Waals surface area contributed by atoms with Crippen molar-refractivity contribution in [3.63, 3.8) is 0 Å². The van der Waals surface area contributed by atoms with Gasteiger partial charge in [-0.2, -0.15) is 18.3 Å². The van der Waals surface area contributed by atoms with E-state index < -0.39 is 17.6 Å². The van der Waals surface area contributed by atoms with Crippen molar-refractivity contribution in [1.29, 1.82) is 0 Å². The molecule has 154 valence electrons. The Morgan fingerprint density at radius 2 is 1.77 bits per heavy atom. The van der Waals surface area contributed by atoms with Gasteiger partial charge in [0.2, 0.25) is 0 Å². The number of hydrogen-bond donors (Lipinski definition) is 0. The summed E-state index contributed by atoms with van der Waals surface area (Å²) < 4.78 is 54.2. The monoisotopic (exact) mass is 451 g/mol. The third kappa shape index (κ3) is 3.61. The maximum atomic E-state index is 14.2. The van der Waals surface area contributed by atoms with Gasteiger partial charge in [0, 0.05) is 7.05 Å². The third-order valence-electron chi connectivity index (χ3n) is 4.71. The fourth-order valence-electron chi connectivity index (χ4n) is 3.16. The van der Waals surface area contributed by atoms with Crippen molar-refractivity contribution >= 4 is 22.9 Å². The van der Waals surface area contributed by atoms with Crippen LogP contribution in [0.4, 0.5) is 17.6 Å². The summed E-state index contributed by atoms with van der Waals surface area (Å²) in [6.45, 7) is 1.86. The molecule has 0 fully saturated rings. The van der Waals surface area contributed by atoms with Crippen molar-refractivity contribution in [2.24, 2.45) is 7.05 Å². The van der Waals surface area contributed by atoms with Crippen molar-refractivity contribution in [1.82, 2.24) is 14.8 Å². The Morgan fingerprint density at radius 1 is 1.07 bits per heavy atom. The van der Waals surface area contributed by atoms with Gasteiger partial charge < -0.3 is 0 Å². The van der Waals surface area contributed by atoms with E-state index in [1.807, 2.05) is 12.3 Å². The van der Waals surface area contributed by atoms with E-state index in [9.17, 15) is 17.6 Å². The molecule has 0 aliphatic carbocycles. The lowest BCUT2D eigenvalue weighted by atomic mass is 10.0. The number of nitrogens with zero attached hydrogens (tertiary/aromatic N) is 3. The molecule has 0 saturated carbocycles. The number of rotatable bonds is 3. The summed E-state index contributed by atoms with van der Waals surface area (Å²) in [6, 6.07) is 9.38. The minimum atomic E-state index is -4.38. The van der Waals surface area contributed by atoms with E-state index in [0.717, 1.165) is 28.1 Å². The topological polar surface area (TPSA) is 30.7 Å². The summed E-state index contributed by atoms with van der Waals surface area (Å²) in [5.41, 5.74) is 1.75. The molecule has 0 aliphatic rings. The van der Waals surface area contributed by atoms with E-state index >= 15 is 0 Å². The van der Waals surface area contributed by atoms with Crippen LogP contribution in [0.5, 0.6) is 0 Å². The zero-order valence-corrected chi connectivity index (χ0v) is 17.3. The summed E-state index contributed by atoms with van der Waals surface area (Å²) in [4.78, 5) is 5.27. The average Bonchev–Trinajstić information content (AvgIpc) is 3.23. The van der Waals surface area contributed by atoms with Crippen LogP contribution < -0.4 is 0 Å². The molecule has 0 radical (unpaired) electrons. The van der Waals surface area contributed by atoms with E-state index in [4.69, 9.17) is 11.6 Å². The molecule has 4 aromatic rings. The third-order valence-corrected chi connectivity index (χ3v) is 6.11. The lowest BCUT2D eigenvalue weighted by Gasteiger charge is -2.08. The lowest BCUT2D eigenvalue weighted by Crippen LogP contribution is -2.03. The fraction of sp³-hybridized carbons (Fsp3) is 0.143. The highest BCUT2D eigenvalue weighted by atomic mass is 35.5. The number of alkyl halides is 3. The van der Waals surface area contributed by atoms with Gasteiger partial charge >= 0.3 is 6.18 Å². The van der Waals surface area contributed by atoms with Crippen molar-refractivity contribution in [2.45, 2.75) is 13.1 Å². The van der Waals surface area contributed by atoms with Crippen molar-refractivity contribution in [2.75, 3.05) is 0 Å². The van der Waals surface area contributed by atoms with Gasteiger partial charge in [-0.1, -0.05) is 29.8 Å². The predicted octanol–water partition coefficient (Wildman–Crippen LogP) is 7.00. The summed E-state index contributed by atoms with van der Waals surface area (Å²) in [6.07, 6.45) is -4.38. The zero-order valence-electron chi connectivity index (χ0n) is 15.8. The first-order valence-electron chi connectivity index (χ1n) is 8.78. The quantitative estimate of drug-likeness (QED) is 0.314. The number of aryl methyl sites for hydroxylation is 1. The Balaban J connectivity index is 1.74. The first-order valence-corrected chi connectivity index (χ1v) is 10.0. The van der Waals surface area contributed by atoms with Crippen LogP contribution in [-0.4, -0.2) is 14.8 Å². The highest BCUT2D eigenvalue weighted by Gasteiger charge is 2.30. The highest BCUT2D eigenvalue weighted by Crippen LogP contribution is 2.39. The molecule has 0 N–H and O–H groups in total. The molecule has 0 unspecified atom stereocenters. The lowest BCUT2D eigenvalue weighted by molar-refractivity contribution is -0.137. The summed E-state index contributed by atoms with van der Waals surface area (Å²) >= 11 is 7.52. The smallest absolute Gasteiger partial charge is 0.248 e. The van der Waals surface area contributed by atoms with Gasteiger partial charge in [-0.15, -0.1) is 11.3 Å². The molecular formula is C21H14ClF4N3S. The average molecular weight is 452 g/mol. The van der Waals surface area contributed by atoms with Crippen molar-refractivity contribution in [3.05, 3.63) is 69.8 Å². The predicted molar refractivity (Wildman–Crippen MR) is 110 cm³/mol. The second-order valence-electron chi connectivity index (χ2n) is 6.66. The molecular weight excluding hydrogens is 438 g/mol. The van der Waals surface area contributed by atoms with E-state index in [-0.39, 0.29) is 16.4 Å². The Hall–Kier alpha value is -2.71. The zero-order chi connectivity index (χ0) is 21.6. The molecule has 0 bridgehead atoms. The maximum absolute atomic E-state index is 14.2. The van der Waals surface area contributed by atoms with Gasteiger partial charge in [-0.3, -0.25) is 0 Å². The van der Waals surface area contributed by atoms with Crippen LogP contribution in [0.3, 0.4) is 0 Å². The number of hydrogen-bond acceptors (Lipinski definition) is 3. The second-order valence-corrected chi connectivity index (χ2v) is 7.94. The molecule has 0 atom stereocenters. The van der Waals surface area contributed by atoms with Gasteiger partial charge in [-0.05, 0) is 53.3 Å². The minimum Gasteiger partial charge on any atom is -0.248 e.